The van der Waals surface area contributed by atoms with E-state index in [-0.39, 0.29) is 17.6 Å². The number of aldehydes is 1. The second kappa shape index (κ2) is 4.98. The third kappa shape index (κ3) is 3.30. The maximum Gasteiger partial charge on any atom is 0.574 e. The van der Waals surface area contributed by atoms with E-state index >= 15 is 0 Å². The molecule has 0 amide bonds. The van der Waals surface area contributed by atoms with Crippen molar-refractivity contribution in [1.82, 2.24) is 4.98 Å². The molecular weight excluding hydrogens is 246 g/mol. The molecule has 0 spiro atoms. The number of methoxy groups -OCH3 is 1. The first-order valence-electron chi connectivity index (χ1n) is 4.26. The van der Waals surface area contributed by atoms with Crippen LogP contribution >= 0.6 is 0 Å². The minimum atomic E-state index is -4.96. The van der Waals surface area contributed by atoms with Crippen LogP contribution in [0.5, 0.6) is 11.6 Å². The fourth-order valence-electron chi connectivity index (χ4n) is 1.17. The first kappa shape index (κ1) is 13.2. The van der Waals surface area contributed by atoms with Gasteiger partial charge in [-0.15, -0.1) is 13.2 Å². The van der Waals surface area contributed by atoms with Crippen molar-refractivity contribution >= 4 is 6.29 Å². The number of alkyl halides is 4. The number of carbonyl (C=O) groups excluding carboxylic acids is 1. The predicted octanol–water partition coefficient (Wildman–Crippen LogP) is 2.27. The molecular formula is C9H7F4NO3. The molecule has 0 saturated heterocycles. The van der Waals surface area contributed by atoms with E-state index in [1.807, 2.05) is 0 Å². The zero-order chi connectivity index (χ0) is 13.1. The largest absolute Gasteiger partial charge is 0.574 e. The molecule has 0 radical (unpaired) electrons. The van der Waals surface area contributed by atoms with E-state index in [1.165, 1.54) is 0 Å². The van der Waals surface area contributed by atoms with E-state index in [0.717, 1.165) is 13.2 Å². The number of hydrogen-bond donors (Lipinski definition) is 0. The van der Waals surface area contributed by atoms with Gasteiger partial charge in [-0.1, -0.05) is 0 Å². The van der Waals surface area contributed by atoms with E-state index in [0.29, 0.717) is 0 Å². The van der Waals surface area contributed by atoms with Gasteiger partial charge in [0.15, 0.2) is 12.0 Å². The van der Waals surface area contributed by atoms with Crippen molar-refractivity contribution in [3.05, 3.63) is 17.3 Å². The van der Waals surface area contributed by atoms with Crippen molar-refractivity contribution in [2.45, 2.75) is 13.0 Å². The highest BCUT2D eigenvalue weighted by Gasteiger charge is 2.32. The quantitative estimate of drug-likeness (QED) is 0.610. The summed E-state index contributed by atoms with van der Waals surface area (Å²) in [6.07, 6.45) is -4.81. The highest BCUT2D eigenvalue weighted by molar-refractivity contribution is 5.77. The van der Waals surface area contributed by atoms with Gasteiger partial charge >= 0.3 is 6.36 Å². The molecule has 1 aromatic rings. The first-order valence-corrected chi connectivity index (χ1v) is 4.26. The standard InChI is InChI=1S/C9H7F4NO3/c1-16-8-5(3-10)2-7(14-6(8)4-15)17-9(11,12)13/h2,4H,3H2,1H3. The van der Waals surface area contributed by atoms with E-state index < -0.39 is 24.6 Å². The molecule has 1 heterocycles. The summed E-state index contributed by atoms with van der Waals surface area (Å²) in [5.74, 6) is -1.12. The topological polar surface area (TPSA) is 48.4 Å². The van der Waals surface area contributed by atoms with Gasteiger partial charge in [-0.05, 0) is 0 Å². The summed E-state index contributed by atoms with van der Waals surface area (Å²) in [5, 5.41) is 0. The Morgan fingerprint density at radius 3 is 2.53 bits per heavy atom. The lowest BCUT2D eigenvalue weighted by molar-refractivity contribution is -0.276. The summed E-state index contributed by atoms with van der Waals surface area (Å²) in [6.45, 7) is -1.11. The fraction of sp³-hybridized carbons (Fsp3) is 0.333. The molecule has 0 saturated carbocycles. The molecule has 0 atom stereocenters. The van der Waals surface area contributed by atoms with Gasteiger partial charge < -0.3 is 9.47 Å². The smallest absolute Gasteiger partial charge is 0.494 e. The SMILES string of the molecule is COc1c(CF)cc(OC(F)(F)F)nc1C=O. The Hall–Kier alpha value is -1.86. The van der Waals surface area contributed by atoms with Crippen molar-refractivity contribution in [1.29, 1.82) is 0 Å². The summed E-state index contributed by atoms with van der Waals surface area (Å²) in [5.41, 5.74) is -0.703. The Labute approximate surface area is 93.2 Å². The Bertz CT molecular complexity index is 419. The molecule has 1 rings (SSSR count). The molecule has 17 heavy (non-hydrogen) atoms. The molecule has 0 aromatic carbocycles. The maximum absolute atomic E-state index is 12.5. The molecule has 0 aliphatic heterocycles. The van der Waals surface area contributed by atoms with Crippen molar-refractivity contribution in [3.63, 3.8) is 0 Å². The molecule has 4 nitrogen and oxygen atoms in total. The lowest BCUT2D eigenvalue weighted by Crippen LogP contribution is -2.18. The second-order valence-corrected chi connectivity index (χ2v) is 2.84. The lowest BCUT2D eigenvalue weighted by atomic mass is 10.2. The third-order valence-electron chi connectivity index (χ3n) is 1.73. The fourth-order valence-corrected chi connectivity index (χ4v) is 1.17. The number of hydrogen-bond acceptors (Lipinski definition) is 4. The van der Waals surface area contributed by atoms with Gasteiger partial charge in [-0.25, -0.2) is 9.37 Å². The Morgan fingerprint density at radius 1 is 1.47 bits per heavy atom. The van der Waals surface area contributed by atoms with Crippen LogP contribution < -0.4 is 9.47 Å². The van der Waals surface area contributed by atoms with Crippen molar-refractivity contribution in [2.75, 3.05) is 7.11 Å². The zero-order valence-corrected chi connectivity index (χ0v) is 8.55. The molecule has 8 heteroatoms. The molecule has 94 valence electrons. The number of pyridine rings is 1. The van der Waals surface area contributed by atoms with Crippen LogP contribution in [0.4, 0.5) is 17.6 Å². The number of halogens is 4. The lowest BCUT2D eigenvalue weighted by Gasteiger charge is -2.12. The second-order valence-electron chi connectivity index (χ2n) is 2.84. The highest BCUT2D eigenvalue weighted by atomic mass is 19.4. The molecule has 0 aliphatic carbocycles. The van der Waals surface area contributed by atoms with Crippen LogP contribution in [-0.4, -0.2) is 24.7 Å². The normalized spacial score (nSPS) is 11.1. The number of ether oxygens (including phenoxy) is 2. The summed E-state index contributed by atoms with van der Waals surface area (Å²) < 4.78 is 56.5. The van der Waals surface area contributed by atoms with Crippen LogP contribution in [-0.2, 0) is 6.67 Å². The number of carbonyl (C=O) groups is 1. The minimum absolute atomic E-state index is 0.154. The summed E-state index contributed by atoms with van der Waals surface area (Å²) >= 11 is 0. The van der Waals surface area contributed by atoms with Gasteiger partial charge in [0, 0.05) is 11.6 Å². The highest BCUT2D eigenvalue weighted by Crippen LogP contribution is 2.29. The summed E-state index contributed by atoms with van der Waals surface area (Å²) in [4.78, 5) is 13.8. The van der Waals surface area contributed by atoms with Gasteiger partial charge in [0.1, 0.15) is 12.4 Å². The molecule has 0 fully saturated rings. The minimum Gasteiger partial charge on any atom is -0.494 e. The van der Waals surface area contributed by atoms with E-state index in [2.05, 4.69) is 14.5 Å². The summed E-state index contributed by atoms with van der Waals surface area (Å²) in [6, 6.07) is 0.722. The predicted molar refractivity (Wildman–Crippen MR) is 47.7 cm³/mol. The van der Waals surface area contributed by atoms with E-state index in [4.69, 9.17) is 0 Å². The van der Waals surface area contributed by atoms with Crippen molar-refractivity contribution < 1.29 is 31.8 Å². The van der Waals surface area contributed by atoms with Crippen LogP contribution in [0.3, 0.4) is 0 Å². The van der Waals surface area contributed by atoms with Gasteiger partial charge in [0.25, 0.3) is 0 Å². The molecule has 0 N–H and O–H groups in total. The number of nitrogens with zero attached hydrogens (tertiary/aromatic N) is 1. The first-order chi connectivity index (χ1) is 7.91. The number of aromatic nitrogens is 1. The molecule has 0 bridgehead atoms. The van der Waals surface area contributed by atoms with Crippen LogP contribution in [0.1, 0.15) is 16.1 Å². The Morgan fingerprint density at radius 2 is 2.12 bits per heavy atom. The average molecular weight is 253 g/mol. The van der Waals surface area contributed by atoms with Crippen molar-refractivity contribution in [3.8, 4) is 11.6 Å². The van der Waals surface area contributed by atoms with Crippen LogP contribution in [0.2, 0.25) is 0 Å². The Balaban J connectivity index is 3.22. The molecule has 1 aromatic heterocycles. The van der Waals surface area contributed by atoms with Gasteiger partial charge in [0.05, 0.1) is 7.11 Å². The van der Waals surface area contributed by atoms with E-state index in [1.54, 1.807) is 0 Å². The van der Waals surface area contributed by atoms with Gasteiger partial charge in [-0.3, -0.25) is 4.79 Å². The number of rotatable bonds is 4. The van der Waals surface area contributed by atoms with Gasteiger partial charge in [-0.2, -0.15) is 0 Å². The average Bonchev–Trinajstić information content (AvgIpc) is 2.25. The van der Waals surface area contributed by atoms with Crippen molar-refractivity contribution in [2.24, 2.45) is 0 Å². The maximum atomic E-state index is 12.5. The molecule has 0 unspecified atom stereocenters. The third-order valence-corrected chi connectivity index (χ3v) is 1.73. The summed E-state index contributed by atoms with van der Waals surface area (Å²) in [7, 11) is 1.15. The Kier molecular flexibility index (Phi) is 3.87. The monoisotopic (exact) mass is 253 g/mol. The van der Waals surface area contributed by atoms with Crippen LogP contribution in [0.25, 0.3) is 0 Å². The zero-order valence-electron chi connectivity index (χ0n) is 8.55. The van der Waals surface area contributed by atoms with Crippen LogP contribution in [0, 0.1) is 0 Å². The van der Waals surface area contributed by atoms with Crippen LogP contribution in [0.15, 0.2) is 6.07 Å². The van der Waals surface area contributed by atoms with E-state index in [9.17, 15) is 22.4 Å². The van der Waals surface area contributed by atoms with Gasteiger partial charge in [0.2, 0.25) is 5.88 Å². The molecule has 0 aliphatic rings.